The van der Waals surface area contributed by atoms with Gasteiger partial charge in [-0.1, -0.05) is 26.0 Å². The van der Waals surface area contributed by atoms with Gasteiger partial charge in [-0.3, -0.25) is 0 Å². The first-order valence-corrected chi connectivity index (χ1v) is 3.76. The molecule has 1 rings (SSSR count). The van der Waals surface area contributed by atoms with Crippen LogP contribution in [0.2, 0.25) is 0 Å². The van der Waals surface area contributed by atoms with Crippen molar-refractivity contribution in [3.8, 4) is 0 Å². The topological polar surface area (TPSA) is 0 Å². The molecule has 0 aliphatic heterocycles. The van der Waals surface area contributed by atoms with Gasteiger partial charge in [-0.25, -0.2) is 0 Å². The van der Waals surface area contributed by atoms with Crippen LogP contribution in [-0.2, 0) is 0 Å². The maximum absolute atomic E-state index is 2.31. The van der Waals surface area contributed by atoms with Crippen LogP contribution in [0, 0.1) is 11.8 Å². The Morgan fingerprint density at radius 2 is 2.11 bits per heavy atom. The molecule has 0 spiro atoms. The van der Waals surface area contributed by atoms with E-state index in [9.17, 15) is 0 Å². The maximum atomic E-state index is 2.31. The molecule has 0 saturated carbocycles. The molecule has 1 radical (unpaired) electrons. The minimum atomic E-state index is 0.884. The van der Waals surface area contributed by atoms with Gasteiger partial charge in [0.1, 0.15) is 0 Å². The highest BCUT2D eigenvalue weighted by molar-refractivity contribution is 4.98. The third-order valence-electron chi connectivity index (χ3n) is 2.09. The van der Waals surface area contributed by atoms with Crippen molar-refractivity contribution in [1.82, 2.24) is 0 Å². The SMILES string of the molecule is C[C](C)C1CC=CCC1. The first-order valence-electron chi connectivity index (χ1n) is 3.76. The molecule has 0 heterocycles. The summed E-state index contributed by atoms with van der Waals surface area (Å²) >= 11 is 0. The van der Waals surface area contributed by atoms with Crippen LogP contribution in [0.4, 0.5) is 0 Å². The van der Waals surface area contributed by atoms with E-state index in [2.05, 4.69) is 26.0 Å². The van der Waals surface area contributed by atoms with Gasteiger partial charge in [0.15, 0.2) is 0 Å². The van der Waals surface area contributed by atoms with Crippen LogP contribution in [-0.4, -0.2) is 0 Å². The van der Waals surface area contributed by atoms with Crippen molar-refractivity contribution in [3.63, 3.8) is 0 Å². The standard InChI is InChI=1S/C9H15/c1-8(2)9-6-4-3-5-7-9/h3-4,9H,5-7H2,1-2H3. The second-order valence-electron chi connectivity index (χ2n) is 3.06. The van der Waals surface area contributed by atoms with Crippen LogP contribution in [0.5, 0.6) is 0 Å². The van der Waals surface area contributed by atoms with Gasteiger partial charge in [-0.05, 0) is 31.1 Å². The second-order valence-corrected chi connectivity index (χ2v) is 3.06. The summed E-state index contributed by atoms with van der Waals surface area (Å²) < 4.78 is 0. The largest absolute Gasteiger partial charge is 0.0885 e. The third kappa shape index (κ3) is 1.85. The lowest BCUT2D eigenvalue weighted by Gasteiger charge is -2.20. The average Bonchev–Trinajstić information content (AvgIpc) is 1.90. The second kappa shape index (κ2) is 3.05. The van der Waals surface area contributed by atoms with Crippen molar-refractivity contribution in [1.29, 1.82) is 0 Å². The van der Waals surface area contributed by atoms with E-state index in [1.807, 2.05) is 0 Å². The molecule has 0 aromatic heterocycles. The van der Waals surface area contributed by atoms with Gasteiger partial charge in [0.2, 0.25) is 0 Å². The fourth-order valence-electron chi connectivity index (χ4n) is 1.32. The minimum absolute atomic E-state index is 0.884. The Kier molecular flexibility index (Phi) is 2.32. The van der Waals surface area contributed by atoms with E-state index < -0.39 is 0 Å². The predicted molar refractivity (Wildman–Crippen MR) is 41.1 cm³/mol. The summed E-state index contributed by atoms with van der Waals surface area (Å²) in [4.78, 5) is 0. The normalized spacial score (nSPS) is 27.2. The van der Waals surface area contributed by atoms with Crippen LogP contribution in [0.15, 0.2) is 12.2 Å². The first kappa shape index (κ1) is 6.85. The molecule has 1 atom stereocenters. The highest BCUT2D eigenvalue weighted by Crippen LogP contribution is 2.26. The molecule has 0 aromatic carbocycles. The van der Waals surface area contributed by atoms with Gasteiger partial charge in [0.05, 0.1) is 0 Å². The zero-order valence-corrected chi connectivity index (χ0v) is 6.35. The Morgan fingerprint density at radius 1 is 1.33 bits per heavy atom. The van der Waals surface area contributed by atoms with Gasteiger partial charge in [0.25, 0.3) is 0 Å². The van der Waals surface area contributed by atoms with E-state index in [-0.39, 0.29) is 0 Å². The summed E-state index contributed by atoms with van der Waals surface area (Å²) in [7, 11) is 0. The van der Waals surface area contributed by atoms with E-state index in [1.165, 1.54) is 19.3 Å². The minimum Gasteiger partial charge on any atom is -0.0885 e. The van der Waals surface area contributed by atoms with Crippen LogP contribution < -0.4 is 0 Å². The van der Waals surface area contributed by atoms with Crippen molar-refractivity contribution in [3.05, 3.63) is 18.1 Å². The predicted octanol–water partition coefficient (Wildman–Crippen LogP) is 2.96. The number of allylic oxidation sites excluding steroid dienone is 2. The molecular weight excluding hydrogens is 108 g/mol. The molecule has 0 aromatic rings. The maximum Gasteiger partial charge on any atom is -0.0269 e. The smallest absolute Gasteiger partial charge is 0.0269 e. The fraction of sp³-hybridized carbons (Fsp3) is 0.667. The van der Waals surface area contributed by atoms with E-state index in [1.54, 1.807) is 5.92 Å². The lowest BCUT2D eigenvalue weighted by atomic mass is 9.85. The van der Waals surface area contributed by atoms with E-state index in [0.29, 0.717) is 0 Å². The summed E-state index contributed by atoms with van der Waals surface area (Å²) in [5.74, 6) is 2.48. The Hall–Kier alpha value is -0.260. The average molecular weight is 123 g/mol. The van der Waals surface area contributed by atoms with Gasteiger partial charge >= 0.3 is 0 Å². The summed E-state index contributed by atoms with van der Waals surface area (Å²) in [5.41, 5.74) is 0. The van der Waals surface area contributed by atoms with Gasteiger partial charge < -0.3 is 0 Å². The Labute approximate surface area is 58.0 Å². The Balaban J connectivity index is 2.35. The van der Waals surface area contributed by atoms with E-state index in [0.717, 1.165) is 5.92 Å². The van der Waals surface area contributed by atoms with E-state index in [4.69, 9.17) is 0 Å². The Bertz CT molecular complexity index is 101. The lowest BCUT2D eigenvalue weighted by molar-refractivity contribution is 0.498. The summed E-state index contributed by atoms with van der Waals surface area (Å²) in [6, 6.07) is 0. The monoisotopic (exact) mass is 123 g/mol. The first-order chi connectivity index (χ1) is 4.30. The van der Waals surface area contributed by atoms with Gasteiger partial charge in [-0.2, -0.15) is 0 Å². The zero-order chi connectivity index (χ0) is 6.69. The van der Waals surface area contributed by atoms with Crippen molar-refractivity contribution in [2.24, 2.45) is 5.92 Å². The molecule has 0 heteroatoms. The van der Waals surface area contributed by atoms with Crippen LogP contribution in [0.25, 0.3) is 0 Å². The molecule has 0 fully saturated rings. The summed E-state index contributed by atoms with van der Waals surface area (Å²) in [5, 5.41) is 0. The Morgan fingerprint density at radius 3 is 2.44 bits per heavy atom. The van der Waals surface area contributed by atoms with Crippen molar-refractivity contribution in [2.75, 3.05) is 0 Å². The lowest BCUT2D eigenvalue weighted by Crippen LogP contribution is -2.07. The molecule has 51 valence electrons. The van der Waals surface area contributed by atoms with Crippen molar-refractivity contribution in [2.45, 2.75) is 33.1 Å². The van der Waals surface area contributed by atoms with E-state index >= 15 is 0 Å². The third-order valence-corrected chi connectivity index (χ3v) is 2.09. The highest BCUT2D eigenvalue weighted by atomic mass is 14.2. The molecule has 0 nitrogen and oxygen atoms in total. The summed E-state index contributed by atoms with van der Waals surface area (Å²) in [6.07, 6.45) is 8.54. The summed E-state index contributed by atoms with van der Waals surface area (Å²) in [6.45, 7) is 4.48. The number of hydrogen-bond donors (Lipinski definition) is 0. The number of rotatable bonds is 1. The molecule has 0 amide bonds. The molecule has 1 unspecified atom stereocenters. The van der Waals surface area contributed by atoms with Crippen LogP contribution in [0.1, 0.15) is 33.1 Å². The molecule has 9 heavy (non-hydrogen) atoms. The van der Waals surface area contributed by atoms with Gasteiger partial charge in [-0.15, -0.1) is 0 Å². The fourth-order valence-corrected chi connectivity index (χ4v) is 1.32. The van der Waals surface area contributed by atoms with Crippen molar-refractivity contribution >= 4 is 0 Å². The molecule has 0 N–H and O–H groups in total. The molecule has 0 saturated heterocycles. The number of hydrogen-bond acceptors (Lipinski definition) is 0. The zero-order valence-electron chi connectivity index (χ0n) is 6.35. The quantitative estimate of drug-likeness (QED) is 0.470. The van der Waals surface area contributed by atoms with Crippen LogP contribution >= 0.6 is 0 Å². The molecule has 1 aliphatic rings. The molecule has 1 aliphatic carbocycles. The van der Waals surface area contributed by atoms with Crippen LogP contribution in [0.3, 0.4) is 0 Å². The van der Waals surface area contributed by atoms with Crippen molar-refractivity contribution < 1.29 is 0 Å². The van der Waals surface area contributed by atoms with Gasteiger partial charge in [0, 0.05) is 0 Å². The molecule has 0 bridgehead atoms. The molecular formula is C9H15. The highest BCUT2D eigenvalue weighted by Gasteiger charge is 2.12.